The molecule has 40 heavy (non-hydrogen) atoms. The van der Waals surface area contributed by atoms with E-state index in [0.29, 0.717) is 18.7 Å². The van der Waals surface area contributed by atoms with E-state index in [9.17, 15) is 17.6 Å². The van der Waals surface area contributed by atoms with Gasteiger partial charge in [0.05, 0.1) is 6.20 Å². The van der Waals surface area contributed by atoms with Crippen LogP contribution in [0.5, 0.6) is 11.5 Å². The second-order valence-corrected chi connectivity index (χ2v) is 12.2. The number of nitrogens with one attached hydrogen (secondary N) is 3. The van der Waals surface area contributed by atoms with Crippen molar-refractivity contribution in [3.05, 3.63) is 30.2 Å². The van der Waals surface area contributed by atoms with Crippen LogP contribution in [0.15, 0.2) is 24.4 Å². The number of aromatic nitrogens is 2. The van der Waals surface area contributed by atoms with Crippen LogP contribution >= 0.6 is 0 Å². The number of hydrogen-bond acceptors (Lipinski definition) is 8. The molecule has 2 aromatic rings. The first kappa shape index (κ1) is 30.1. The number of ether oxygens (including phenoxy) is 2. The smallest absolute Gasteiger partial charge is 0.387 e. The first-order chi connectivity index (χ1) is 18.7. The third kappa shape index (κ3) is 7.87. The fourth-order valence-electron chi connectivity index (χ4n) is 5.82. The average molecular weight is 569 g/mol. The molecule has 0 saturated carbocycles. The predicted octanol–water partition coefficient (Wildman–Crippen LogP) is 5.88. The fourth-order valence-corrected chi connectivity index (χ4v) is 5.82. The Labute approximate surface area is 233 Å². The number of nitrogens with zero attached hydrogens (tertiary/aromatic N) is 3. The molecule has 0 unspecified atom stereocenters. The van der Waals surface area contributed by atoms with E-state index in [4.69, 9.17) is 9.47 Å². The van der Waals surface area contributed by atoms with Crippen LogP contribution in [-0.2, 0) is 0 Å². The fraction of sp³-hybridized carbons (Fsp3) is 0.643. The Morgan fingerprint density at radius 3 is 2.42 bits per heavy atom. The molecule has 1 aromatic heterocycles. The number of halogens is 4. The Morgan fingerprint density at radius 1 is 1.10 bits per heavy atom. The van der Waals surface area contributed by atoms with E-state index in [0.717, 1.165) is 19.0 Å². The Balaban J connectivity index is 1.49. The summed E-state index contributed by atoms with van der Waals surface area (Å²) in [4.78, 5) is 10.3. The molecule has 2 saturated heterocycles. The van der Waals surface area contributed by atoms with Crippen molar-refractivity contribution >= 4 is 17.5 Å². The molecule has 222 valence electrons. The summed E-state index contributed by atoms with van der Waals surface area (Å²) in [6.45, 7) is 10.1. The number of alkyl halides is 3. The summed E-state index contributed by atoms with van der Waals surface area (Å²) in [5, 5.41) is 9.70. The van der Waals surface area contributed by atoms with Crippen LogP contribution in [0.25, 0.3) is 0 Å². The van der Waals surface area contributed by atoms with Gasteiger partial charge in [-0.2, -0.15) is 13.8 Å². The molecule has 0 spiro atoms. The van der Waals surface area contributed by atoms with Gasteiger partial charge in [0.25, 0.3) is 0 Å². The van der Waals surface area contributed by atoms with E-state index in [1.165, 1.54) is 12.1 Å². The summed E-state index contributed by atoms with van der Waals surface area (Å²) in [6.07, 6.45) is 0.922. The lowest BCUT2D eigenvalue weighted by molar-refractivity contribution is -0.0540. The molecule has 4 rings (SSSR count). The molecule has 1 aromatic carbocycles. The molecule has 2 aliphatic rings. The highest BCUT2D eigenvalue weighted by Crippen LogP contribution is 2.35. The second kappa shape index (κ2) is 11.9. The van der Waals surface area contributed by atoms with E-state index in [2.05, 4.69) is 53.6 Å². The molecule has 0 radical (unpaired) electrons. The highest BCUT2D eigenvalue weighted by atomic mass is 19.3. The summed E-state index contributed by atoms with van der Waals surface area (Å²) < 4.78 is 66.4. The van der Waals surface area contributed by atoms with Crippen LogP contribution in [0.1, 0.15) is 60.8 Å². The van der Waals surface area contributed by atoms with Crippen molar-refractivity contribution < 1.29 is 27.0 Å². The van der Waals surface area contributed by atoms with Gasteiger partial charge in [-0.3, -0.25) is 4.90 Å². The number of hydrogen-bond donors (Lipinski definition) is 3. The van der Waals surface area contributed by atoms with E-state index in [-0.39, 0.29) is 53.0 Å². The maximum atomic E-state index is 14.8. The lowest BCUT2D eigenvalue weighted by Crippen LogP contribution is -2.60. The number of anilines is 3. The lowest BCUT2D eigenvalue weighted by Gasteiger charge is -2.46. The zero-order chi connectivity index (χ0) is 29.2. The summed E-state index contributed by atoms with van der Waals surface area (Å²) in [7, 11) is 0. The summed E-state index contributed by atoms with van der Waals surface area (Å²) in [5.41, 5.74) is 0.0153. The van der Waals surface area contributed by atoms with Gasteiger partial charge in [-0.05, 0) is 72.9 Å². The molecular weight excluding hydrogens is 528 g/mol. The van der Waals surface area contributed by atoms with Gasteiger partial charge in [0.1, 0.15) is 12.3 Å². The minimum Gasteiger partial charge on any atom is -0.483 e. The molecule has 8 nitrogen and oxygen atoms in total. The monoisotopic (exact) mass is 568 g/mol. The van der Waals surface area contributed by atoms with Gasteiger partial charge >= 0.3 is 6.61 Å². The standard InChI is InChI=1S/C28H40F4N6O2/c1-16(2)38-10-9-21(20(30)15-38)39-22-8-7-17(11-23(22)40-25(31)32)35-26-33-14-19(29)24(36-26)34-18-12-27(3,4)37-28(5,6)13-18/h7-8,11,14,16,18,20-21,25,37H,9-10,12-13,15H2,1-6H3,(H2,33,34,35,36)/t20-,21+/m1/s1. The maximum absolute atomic E-state index is 14.8. The van der Waals surface area contributed by atoms with Crippen LogP contribution < -0.4 is 25.4 Å². The molecule has 2 fully saturated rings. The first-order valence-electron chi connectivity index (χ1n) is 13.7. The van der Waals surface area contributed by atoms with Crippen LogP contribution in [0.3, 0.4) is 0 Å². The molecule has 2 atom stereocenters. The topological polar surface area (TPSA) is 83.6 Å². The Kier molecular flexibility index (Phi) is 8.99. The number of rotatable bonds is 9. The van der Waals surface area contributed by atoms with Crippen LogP contribution in [-0.4, -0.2) is 70.0 Å². The zero-order valence-corrected chi connectivity index (χ0v) is 23.9. The van der Waals surface area contributed by atoms with Crippen molar-refractivity contribution in [2.75, 3.05) is 23.7 Å². The molecule has 3 heterocycles. The normalized spacial score (nSPS) is 23.3. The SMILES string of the molecule is CC(C)N1CC[C@H](Oc2ccc(Nc3ncc(F)c(NC4CC(C)(C)NC(C)(C)C4)n3)cc2OC(F)F)[C@H](F)C1. The average Bonchev–Trinajstić information content (AvgIpc) is 2.81. The minimum atomic E-state index is -3.11. The van der Waals surface area contributed by atoms with Crippen molar-refractivity contribution in [2.45, 2.75) is 103 Å². The zero-order valence-electron chi connectivity index (χ0n) is 23.9. The number of benzene rings is 1. The maximum Gasteiger partial charge on any atom is 0.387 e. The molecular formula is C28H40F4N6O2. The van der Waals surface area contributed by atoms with E-state index in [1.54, 1.807) is 6.07 Å². The van der Waals surface area contributed by atoms with Crippen molar-refractivity contribution in [3.63, 3.8) is 0 Å². The Bertz CT molecular complexity index is 1150. The highest BCUT2D eigenvalue weighted by Gasteiger charge is 2.38. The third-order valence-electron chi connectivity index (χ3n) is 7.21. The lowest BCUT2D eigenvalue weighted by atomic mass is 9.79. The quantitative estimate of drug-likeness (QED) is 0.324. The van der Waals surface area contributed by atoms with Gasteiger partial charge in [-0.1, -0.05) is 0 Å². The summed E-state index contributed by atoms with van der Waals surface area (Å²) in [5.74, 6) is -0.734. The summed E-state index contributed by atoms with van der Waals surface area (Å²) in [6, 6.07) is 4.46. The number of piperidine rings is 2. The molecule has 2 aliphatic heterocycles. The molecule has 0 aliphatic carbocycles. The van der Waals surface area contributed by atoms with Crippen molar-refractivity contribution in [1.29, 1.82) is 0 Å². The molecule has 0 amide bonds. The summed E-state index contributed by atoms with van der Waals surface area (Å²) >= 11 is 0. The van der Waals surface area contributed by atoms with Gasteiger partial charge in [0.2, 0.25) is 5.95 Å². The van der Waals surface area contributed by atoms with Gasteiger partial charge in [0.15, 0.2) is 23.1 Å². The first-order valence-corrected chi connectivity index (χ1v) is 13.7. The van der Waals surface area contributed by atoms with Crippen LogP contribution in [0.4, 0.5) is 35.0 Å². The van der Waals surface area contributed by atoms with Crippen LogP contribution in [0.2, 0.25) is 0 Å². The third-order valence-corrected chi connectivity index (χ3v) is 7.21. The van der Waals surface area contributed by atoms with Crippen LogP contribution in [0, 0.1) is 5.82 Å². The Morgan fingerprint density at radius 2 is 1.80 bits per heavy atom. The van der Waals surface area contributed by atoms with Gasteiger partial charge < -0.3 is 25.4 Å². The molecule has 3 N–H and O–H groups in total. The van der Waals surface area contributed by atoms with Crippen molar-refractivity contribution in [2.24, 2.45) is 0 Å². The molecule has 0 bridgehead atoms. The van der Waals surface area contributed by atoms with E-state index in [1.807, 2.05) is 18.7 Å². The van der Waals surface area contributed by atoms with Gasteiger partial charge in [0, 0.05) is 48.0 Å². The van der Waals surface area contributed by atoms with E-state index < -0.39 is 24.7 Å². The highest BCUT2D eigenvalue weighted by molar-refractivity contribution is 5.60. The molecule has 12 heteroatoms. The van der Waals surface area contributed by atoms with Gasteiger partial charge in [-0.15, -0.1) is 0 Å². The predicted molar refractivity (Wildman–Crippen MR) is 147 cm³/mol. The van der Waals surface area contributed by atoms with Crippen molar-refractivity contribution in [1.82, 2.24) is 20.2 Å². The minimum absolute atomic E-state index is 0.00927. The van der Waals surface area contributed by atoms with E-state index >= 15 is 0 Å². The Hall–Kier alpha value is -2.86. The second-order valence-electron chi connectivity index (χ2n) is 12.2. The van der Waals surface area contributed by atoms with Crippen molar-refractivity contribution in [3.8, 4) is 11.5 Å². The number of likely N-dealkylation sites (tertiary alicyclic amines) is 1. The van der Waals surface area contributed by atoms with Gasteiger partial charge in [-0.25, -0.2) is 13.8 Å². The largest absolute Gasteiger partial charge is 0.483 e.